The van der Waals surface area contributed by atoms with Crippen LogP contribution >= 0.6 is 0 Å². The topological polar surface area (TPSA) is 71.2 Å². The van der Waals surface area contributed by atoms with Crippen LogP contribution in [0, 0.1) is 6.92 Å². The number of rotatable bonds is 3. The number of aryl methyl sites for hydroxylation is 1. The first-order valence-electron chi connectivity index (χ1n) is 10.0. The maximum Gasteiger partial charge on any atom is 0.145 e. The highest BCUT2D eigenvalue weighted by atomic mass is 15.3. The Morgan fingerprint density at radius 3 is 2.59 bits per heavy atom. The lowest BCUT2D eigenvalue weighted by Gasteiger charge is -2.36. The molecule has 0 amide bonds. The summed E-state index contributed by atoms with van der Waals surface area (Å²) < 4.78 is 0. The fraction of sp³-hybridized carbons (Fsp3) is 0.261. The van der Waals surface area contributed by atoms with Crippen molar-refractivity contribution in [2.75, 3.05) is 36.8 Å². The van der Waals surface area contributed by atoms with Gasteiger partial charge in [0, 0.05) is 48.8 Å². The van der Waals surface area contributed by atoms with Crippen molar-refractivity contribution in [3.8, 4) is 0 Å². The molecule has 0 saturated carbocycles. The first-order valence-corrected chi connectivity index (χ1v) is 10.0. The molecule has 0 spiro atoms. The number of hydrogen-bond acceptors (Lipinski definition) is 6. The van der Waals surface area contributed by atoms with Crippen molar-refractivity contribution in [1.82, 2.24) is 19.9 Å². The van der Waals surface area contributed by atoms with E-state index in [1.807, 2.05) is 30.5 Å². The molecule has 4 aromatic rings. The molecule has 29 heavy (non-hydrogen) atoms. The lowest BCUT2D eigenvalue weighted by atomic mass is 10.1. The van der Waals surface area contributed by atoms with Crippen LogP contribution in [-0.2, 0) is 6.54 Å². The van der Waals surface area contributed by atoms with Gasteiger partial charge < -0.3 is 10.6 Å². The van der Waals surface area contributed by atoms with Crippen molar-refractivity contribution in [2.45, 2.75) is 13.5 Å². The first kappa shape index (κ1) is 17.8. The van der Waals surface area contributed by atoms with E-state index in [9.17, 15) is 0 Å². The normalized spacial score (nSPS) is 15.3. The van der Waals surface area contributed by atoms with E-state index in [0.717, 1.165) is 55.0 Å². The molecule has 1 aliphatic rings. The highest BCUT2D eigenvalue weighted by molar-refractivity contribution is 5.92. The van der Waals surface area contributed by atoms with Gasteiger partial charge in [-0.3, -0.25) is 9.88 Å². The van der Waals surface area contributed by atoms with Crippen molar-refractivity contribution >= 4 is 33.3 Å². The average Bonchev–Trinajstić information content (AvgIpc) is 2.74. The molecule has 0 bridgehead atoms. The molecular weight excluding hydrogens is 360 g/mol. The van der Waals surface area contributed by atoms with E-state index in [-0.39, 0.29) is 0 Å². The van der Waals surface area contributed by atoms with Crippen molar-refractivity contribution in [1.29, 1.82) is 0 Å². The van der Waals surface area contributed by atoms with Gasteiger partial charge in [0.15, 0.2) is 0 Å². The molecule has 6 heteroatoms. The average molecular weight is 384 g/mol. The Hall–Kier alpha value is -3.25. The van der Waals surface area contributed by atoms with Gasteiger partial charge in [-0.15, -0.1) is 0 Å². The van der Waals surface area contributed by atoms with Crippen LogP contribution in [0.2, 0.25) is 0 Å². The SMILES string of the molecule is Cc1ccc2nccc(N3CCN(Cc4nc(N)c5ccccc5n4)CC3)c2c1. The van der Waals surface area contributed by atoms with E-state index in [1.165, 1.54) is 16.6 Å². The molecule has 2 N–H and O–H groups in total. The summed E-state index contributed by atoms with van der Waals surface area (Å²) in [6.07, 6.45) is 1.91. The minimum atomic E-state index is 0.558. The van der Waals surface area contributed by atoms with Gasteiger partial charge in [0.25, 0.3) is 0 Å². The summed E-state index contributed by atoms with van der Waals surface area (Å²) in [6, 6.07) is 16.5. The van der Waals surface area contributed by atoms with E-state index in [1.54, 1.807) is 0 Å². The van der Waals surface area contributed by atoms with E-state index >= 15 is 0 Å². The lowest BCUT2D eigenvalue weighted by molar-refractivity contribution is 0.244. The predicted octanol–water partition coefficient (Wildman–Crippen LogP) is 3.39. The second-order valence-electron chi connectivity index (χ2n) is 7.66. The minimum Gasteiger partial charge on any atom is -0.383 e. The zero-order valence-electron chi connectivity index (χ0n) is 16.5. The van der Waals surface area contributed by atoms with Crippen LogP contribution in [0.5, 0.6) is 0 Å². The van der Waals surface area contributed by atoms with Crippen LogP contribution in [0.4, 0.5) is 11.5 Å². The first-order chi connectivity index (χ1) is 14.2. The fourth-order valence-corrected chi connectivity index (χ4v) is 4.09. The summed E-state index contributed by atoms with van der Waals surface area (Å²) in [5.41, 5.74) is 10.6. The van der Waals surface area contributed by atoms with Crippen molar-refractivity contribution in [3.63, 3.8) is 0 Å². The second kappa shape index (κ2) is 7.29. The molecule has 2 aromatic carbocycles. The number of pyridine rings is 1. The van der Waals surface area contributed by atoms with Crippen LogP contribution in [0.15, 0.2) is 54.7 Å². The summed E-state index contributed by atoms with van der Waals surface area (Å²) in [5.74, 6) is 1.35. The zero-order chi connectivity index (χ0) is 19.8. The molecule has 0 radical (unpaired) electrons. The maximum absolute atomic E-state index is 6.14. The summed E-state index contributed by atoms with van der Waals surface area (Å²) >= 11 is 0. The van der Waals surface area contributed by atoms with Gasteiger partial charge in [-0.2, -0.15) is 0 Å². The molecular formula is C23H24N6. The van der Waals surface area contributed by atoms with Crippen LogP contribution < -0.4 is 10.6 Å². The van der Waals surface area contributed by atoms with Gasteiger partial charge in [0.1, 0.15) is 11.6 Å². The van der Waals surface area contributed by atoms with Crippen LogP contribution in [0.3, 0.4) is 0 Å². The largest absolute Gasteiger partial charge is 0.383 e. The number of nitrogens with zero attached hydrogens (tertiary/aromatic N) is 5. The number of nitrogen functional groups attached to an aromatic ring is 1. The molecule has 1 fully saturated rings. The Balaban J connectivity index is 1.32. The number of hydrogen-bond donors (Lipinski definition) is 1. The summed E-state index contributed by atoms with van der Waals surface area (Å²) in [4.78, 5) is 18.6. The van der Waals surface area contributed by atoms with Crippen molar-refractivity contribution < 1.29 is 0 Å². The highest BCUT2D eigenvalue weighted by Crippen LogP contribution is 2.27. The van der Waals surface area contributed by atoms with Gasteiger partial charge in [-0.1, -0.05) is 23.8 Å². The maximum atomic E-state index is 6.14. The third-order valence-electron chi connectivity index (χ3n) is 5.63. The Labute approximate surface area is 170 Å². The number of anilines is 2. The smallest absolute Gasteiger partial charge is 0.145 e. The molecule has 0 aliphatic carbocycles. The van der Waals surface area contributed by atoms with E-state index in [0.29, 0.717) is 5.82 Å². The standard InChI is InChI=1S/C23H24N6/c1-16-6-7-19-18(14-16)21(8-9-25-19)29-12-10-28(11-13-29)15-22-26-20-5-3-2-4-17(20)23(24)27-22/h2-9,14H,10-13,15H2,1H3,(H2,24,26,27). The van der Waals surface area contributed by atoms with Crippen LogP contribution in [0.25, 0.3) is 21.8 Å². The molecule has 1 aliphatic heterocycles. The summed E-state index contributed by atoms with van der Waals surface area (Å²) in [6.45, 7) is 6.71. The minimum absolute atomic E-state index is 0.558. The Morgan fingerprint density at radius 2 is 1.72 bits per heavy atom. The number of benzene rings is 2. The number of para-hydroxylation sites is 1. The Bertz CT molecular complexity index is 1180. The third-order valence-corrected chi connectivity index (χ3v) is 5.63. The second-order valence-corrected chi connectivity index (χ2v) is 7.66. The third kappa shape index (κ3) is 3.47. The molecule has 146 valence electrons. The van der Waals surface area contributed by atoms with E-state index < -0.39 is 0 Å². The lowest BCUT2D eigenvalue weighted by Crippen LogP contribution is -2.46. The zero-order valence-corrected chi connectivity index (χ0v) is 16.5. The van der Waals surface area contributed by atoms with Crippen LogP contribution in [0.1, 0.15) is 11.4 Å². The highest BCUT2D eigenvalue weighted by Gasteiger charge is 2.20. The van der Waals surface area contributed by atoms with Gasteiger partial charge in [0.2, 0.25) is 0 Å². The Morgan fingerprint density at radius 1 is 0.897 bits per heavy atom. The van der Waals surface area contributed by atoms with Gasteiger partial charge in [-0.25, -0.2) is 9.97 Å². The number of piperazine rings is 1. The van der Waals surface area contributed by atoms with Crippen LogP contribution in [-0.4, -0.2) is 46.0 Å². The Kier molecular flexibility index (Phi) is 4.48. The van der Waals surface area contributed by atoms with Crippen molar-refractivity contribution in [3.05, 3.63) is 66.1 Å². The fourth-order valence-electron chi connectivity index (χ4n) is 4.09. The summed E-state index contributed by atoms with van der Waals surface area (Å²) in [7, 11) is 0. The molecule has 6 nitrogen and oxygen atoms in total. The molecule has 5 rings (SSSR count). The van der Waals surface area contributed by atoms with Gasteiger partial charge in [0.05, 0.1) is 17.6 Å². The molecule has 0 unspecified atom stereocenters. The van der Waals surface area contributed by atoms with Gasteiger partial charge in [-0.05, 0) is 37.3 Å². The number of aromatic nitrogens is 3. The van der Waals surface area contributed by atoms with Gasteiger partial charge >= 0.3 is 0 Å². The van der Waals surface area contributed by atoms with E-state index in [4.69, 9.17) is 10.7 Å². The molecule has 1 saturated heterocycles. The number of fused-ring (bicyclic) bond motifs is 2. The predicted molar refractivity (Wildman–Crippen MR) is 118 cm³/mol. The summed E-state index contributed by atoms with van der Waals surface area (Å²) in [5, 5.41) is 2.15. The molecule has 3 heterocycles. The monoisotopic (exact) mass is 384 g/mol. The van der Waals surface area contributed by atoms with E-state index in [2.05, 4.69) is 51.0 Å². The van der Waals surface area contributed by atoms with Crippen molar-refractivity contribution in [2.24, 2.45) is 0 Å². The molecule has 0 atom stereocenters. The quantitative estimate of drug-likeness (QED) is 0.584. The molecule has 2 aromatic heterocycles. The number of nitrogens with two attached hydrogens (primary N) is 1.